The van der Waals surface area contributed by atoms with Crippen LogP contribution in [0.4, 0.5) is 5.69 Å². The molecule has 1 aromatic heterocycles. The third-order valence-electron chi connectivity index (χ3n) is 3.15. The summed E-state index contributed by atoms with van der Waals surface area (Å²) < 4.78 is 27.6. The Hall–Kier alpha value is -2.35. The van der Waals surface area contributed by atoms with E-state index in [9.17, 15) is 13.2 Å². The molecule has 2 aromatic rings. The van der Waals surface area contributed by atoms with Crippen molar-refractivity contribution >= 4 is 21.6 Å². The average molecular weight is 322 g/mol. The normalized spacial score (nSPS) is 11.2. The highest BCUT2D eigenvalue weighted by Crippen LogP contribution is 2.16. The van der Waals surface area contributed by atoms with Crippen LogP contribution in [0.1, 0.15) is 23.1 Å². The van der Waals surface area contributed by atoms with Gasteiger partial charge in [-0.1, -0.05) is 12.1 Å². The highest BCUT2D eigenvalue weighted by molar-refractivity contribution is 7.92. The number of amides is 1. The third kappa shape index (κ3) is 3.85. The lowest BCUT2D eigenvalue weighted by Crippen LogP contribution is -2.26. The average Bonchev–Trinajstić information content (AvgIpc) is 2.90. The van der Waals surface area contributed by atoms with E-state index in [4.69, 9.17) is 0 Å². The molecule has 8 heteroatoms. The number of hydrogen-bond acceptors (Lipinski definition) is 4. The van der Waals surface area contributed by atoms with Gasteiger partial charge in [-0.05, 0) is 19.1 Å². The number of carbonyl (C=O) groups is 1. The molecular formula is C14H18N4O3S. The van der Waals surface area contributed by atoms with Crippen molar-refractivity contribution in [2.45, 2.75) is 13.5 Å². The molecule has 1 amide bonds. The van der Waals surface area contributed by atoms with Crippen LogP contribution in [0.15, 0.2) is 36.7 Å². The van der Waals surface area contributed by atoms with Crippen LogP contribution < -0.4 is 10.0 Å². The molecule has 0 spiro atoms. The third-order valence-corrected chi connectivity index (χ3v) is 4.44. The number of rotatable bonds is 6. The van der Waals surface area contributed by atoms with Crippen LogP contribution in [-0.2, 0) is 23.6 Å². The molecule has 0 aliphatic rings. The van der Waals surface area contributed by atoms with Crippen LogP contribution in [0.25, 0.3) is 0 Å². The van der Waals surface area contributed by atoms with Crippen LogP contribution >= 0.6 is 0 Å². The smallest absolute Gasteiger partial charge is 0.253 e. The summed E-state index contributed by atoms with van der Waals surface area (Å²) in [7, 11) is -1.61. The first-order chi connectivity index (χ1) is 10.4. The number of imidazole rings is 1. The van der Waals surface area contributed by atoms with Gasteiger partial charge >= 0.3 is 0 Å². The van der Waals surface area contributed by atoms with E-state index < -0.39 is 10.0 Å². The van der Waals surface area contributed by atoms with Crippen LogP contribution in [0.2, 0.25) is 0 Å². The largest absolute Gasteiger partial charge is 0.345 e. The van der Waals surface area contributed by atoms with Crippen molar-refractivity contribution in [2.75, 3.05) is 10.5 Å². The minimum absolute atomic E-state index is 0.0593. The maximum atomic E-state index is 12.3. The number of aromatic nitrogens is 2. The minimum atomic E-state index is -3.44. The molecule has 118 valence electrons. The van der Waals surface area contributed by atoms with Gasteiger partial charge < -0.3 is 9.88 Å². The highest BCUT2D eigenvalue weighted by Gasteiger charge is 2.15. The number of carbonyl (C=O) groups excluding carboxylic acids is 1. The van der Waals surface area contributed by atoms with Crippen molar-refractivity contribution in [1.29, 1.82) is 0 Å². The van der Waals surface area contributed by atoms with Gasteiger partial charge in [0.15, 0.2) is 0 Å². The predicted octanol–water partition coefficient (Wildman–Crippen LogP) is 1.11. The molecule has 0 saturated carbocycles. The maximum absolute atomic E-state index is 12.3. The Bertz CT molecular complexity index is 768. The number of hydrogen-bond donors (Lipinski definition) is 2. The number of anilines is 1. The number of nitrogens with zero attached hydrogens (tertiary/aromatic N) is 2. The standard InChI is InChI=1S/C14H18N4O3S/c1-3-22(20,21)17-12-7-5-4-6-11(12)14(19)16-10-13-15-8-9-18(13)2/h4-9,17H,3,10H2,1-2H3,(H,16,19). The second-order valence-electron chi connectivity index (χ2n) is 4.69. The summed E-state index contributed by atoms with van der Waals surface area (Å²) in [6.45, 7) is 1.79. The maximum Gasteiger partial charge on any atom is 0.253 e. The van der Waals surface area contributed by atoms with Crippen LogP contribution in [-0.4, -0.2) is 29.6 Å². The van der Waals surface area contributed by atoms with E-state index in [1.54, 1.807) is 41.2 Å². The van der Waals surface area contributed by atoms with Gasteiger partial charge in [-0.25, -0.2) is 13.4 Å². The second kappa shape index (κ2) is 6.61. The van der Waals surface area contributed by atoms with Crippen molar-refractivity contribution in [3.05, 3.63) is 48.0 Å². The molecule has 0 bridgehead atoms. The summed E-state index contributed by atoms with van der Waals surface area (Å²) >= 11 is 0. The van der Waals surface area contributed by atoms with Crippen molar-refractivity contribution in [2.24, 2.45) is 7.05 Å². The van der Waals surface area contributed by atoms with E-state index in [0.29, 0.717) is 5.82 Å². The van der Waals surface area contributed by atoms with E-state index in [0.717, 1.165) is 0 Å². The Labute approximate surface area is 129 Å². The molecule has 7 nitrogen and oxygen atoms in total. The van der Waals surface area contributed by atoms with E-state index >= 15 is 0 Å². The molecule has 0 saturated heterocycles. The Kier molecular flexibility index (Phi) is 4.81. The van der Waals surface area contributed by atoms with Gasteiger partial charge in [0.2, 0.25) is 10.0 Å². The lowest BCUT2D eigenvalue weighted by atomic mass is 10.1. The van der Waals surface area contributed by atoms with Gasteiger partial charge in [0.05, 0.1) is 23.5 Å². The Balaban J connectivity index is 2.14. The van der Waals surface area contributed by atoms with E-state index in [2.05, 4.69) is 15.0 Å². The zero-order chi connectivity index (χ0) is 16.2. The van der Waals surface area contributed by atoms with Gasteiger partial charge in [0.1, 0.15) is 5.82 Å². The number of para-hydroxylation sites is 1. The number of aryl methyl sites for hydroxylation is 1. The zero-order valence-electron chi connectivity index (χ0n) is 12.4. The molecule has 2 rings (SSSR count). The van der Waals surface area contributed by atoms with Crippen LogP contribution in [0.3, 0.4) is 0 Å². The Morgan fingerprint density at radius 1 is 1.32 bits per heavy atom. The Morgan fingerprint density at radius 2 is 2.05 bits per heavy atom. The number of sulfonamides is 1. The molecule has 22 heavy (non-hydrogen) atoms. The fraction of sp³-hybridized carbons (Fsp3) is 0.286. The van der Waals surface area contributed by atoms with Gasteiger partial charge in [-0.2, -0.15) is 0 Å². The lowest BCUT2D eigenvalue weighted by Gasteiger charge is -2.12. The molecule has 0 fully saturated rings. The quantitative estimate of drug-likeness (QED) is 0.833. The molecule has 0 aliphatic heterocycles. The van der Waals surface area contributed by atoms with E-state index in [1.807, 2.05) is 7.05 Å². The van der Waals surface area contributed by atoms with Crippen LogP contribution in [0, 0.1) is 0 Å². The molecule has 1 aromatic carbocycles. The molecule has 0 atom stereocenters. The molecule has 0 radical (unpaired) electrons. The van der Waals surface area contributed by atoms with Crippen molar-refractivity contribution in [3.63, 3.8) is 0 Å². The second-order valence-corrected chi connectivity index (χ2v) is 6.70. The topological polar surface area (TPSA) is 93.1 Å². The van der Waals surface area contributed by atoms with Gasteiger partial charge in [0, 0.05) is 19.4 Å². The summed E-state index contributed by atoms with van der Waals surface area (Å²) in [6.07, 6.45) is 3.43. The number of nitrogens with one attached hydrogen (secondary N) is 2. The minimum Gasteiger partial charge on any atom is -0.345 e. The molecule has 2 N–H and O–H groups in total. The van der Waals surface area contributed by atoms with E-state index in [1.165, 1.54) is 6.92 Å². The van der Waals surface area contributed by atoms with Gasteiger partial charge in [-0.3, -0.25) is 9.52 Å². The van der Waals surface area contributed by atoms with E-state index in [-0.39, 0.29) is 29.5 Å². The first-order valence-electron chi connectivity index (χ1n) is 6.77. The fourth-order valence-corrected chi connectivity index (χ4v) is 2.49. The summed E-state index contributed by atoms with van der Waals surface area (Å²) in [6, 6.07) is 6.48. The van der Waals surface area contributed by atoms with Gasteiger partial charge in [0.25, 0.3) is 5.91 Å². The summed E-state index contributed by atoms with van der Waals surface area (Å²) in [5, 5.41) is 2.73. The zero-order valence-corrected chi connectivity index (χ0v) is 13.2. The molecule has 0 aliphatic carbocycles. The summed E-state index contributed by atoms with van der Waals surface area (Å²) in [5.74, 6) is 0.285. The monoisotopic (exact) mass is 322 g/mol. The van der Waals surface area contributed by atoms with Gasteiger partial charge in [-0.15, -0.1) is 0 Å². The first-order valence-corrected chi connectivity index (χ1v) is 8.42. The SMILES string of the molecule is CCS(=O)(=O)Nc1ccccc1C(=O)NCc1nccn1C. The van der Waals surface area contributed by atoms with Crippen molar-refractivity contribution in [1.82, 2.24) is 14.9 Å². The highest BCUT2D eigenvalue weighted by atomic mass is 32.2. The first kappa shape index (κ1) is 16.0. The molecular weight excluding hydrogens is 304 g/mol. The van der Waals surface area contributed by atoms with Crippen molar-refractivity contribution < 1.29 is 13.2 Å². The predicted molar refractivity (Wildman–Crippen MR) is 83.9 cm³/mol. The molecule has 1 heterocycles. The van der Waals surface area contributed by atoms with Crippen LogP contribution in [0.5, 0.6) is 0 Å². The summed E-state index contributed by atoms with van der Waals surface area (Å²) in [5.41, 5.74) is 0.537. The molecule has 0 unspecified atom stereocenters. The summed E-state index contributed by atoms with van der Waals surface area (Å²) in [4.78, 5) is 16.4. The van der Waals surface area contributed by atoms with Crippen molar-refractivity contribution in [3.8, 4) is 0 Å². The lowest BCUT2D eigenvalue weighted by molar-refractivity contribution is 0.0950. The fourth-order valence-electron chi connectivity index (χ4n) is 1.83. The number of benzene rings is 1. The Morgan fingerprint density at radius 3 is 2.68 bits per heavy atom.